The van der Waals surface area contributed by atoms with Crippen LogP contribution in [0.15, 0.2) is 449 Å². The van der Waals surface area contributed by atoms with E-state index < -0.39 is 10.8 Å². The van der Waals surface area contributed by atoms with Crippen LogP contribution >= 0.6 is 11.3 Å². The molecule has 0 bridgehead atoms. The molecule has 5 aliphatic carbocycles. The van der Waals surface area contributed by atoms with Gasteiger partial charge in [0.1, 0.15) is 0 Å². The predicted octanol–water partition coefficient (Wildman–Crippen LogP) is 35.2. The number of nitrogens with zero attached hydrogens (tertiary/aromatic N) is 4. The zero-order chi connectivity index (χ0) is 90.4. The number of fused-ring (bicyclic) bond motifs is 30. The number of anilines is 12. The maximum Gasteiger partial charge on any atom is 0.0755 e. The van der Waals surface area contributed by atoms with E-state index in [1.54, 1.807) is 0 Å². The quantitative estimate of drug-likeness (QED) is 0.128. The van der Waals surface area contributed by atoms with Crippen LogP contribution in [0.2, 0.25) is 0 Å². The van der Waals surface area contributed by atoms with Crippen LogP contribution in [-0.2, 0) is 27.1 Å². The van der Waals surface area contributed by atoms with Crippen LogP contribution < -0.4 is 19.6 Å². The number of hydrogen-bond acceptors (Lipinski definition) is 5. The van der Waals surface area contributed by atoms with Crippen LogP contribution in [0, 0.1) is 0 Å². The van der Waals surface area contributed by atoms with E-state index in [1.165, 1.54) is 193 Å². The van der Waals surface area contributed by atoms with E-state index in [0.717, 1.165) is 62.4 Å². The van der Waals surface area contributed by atoms with Crippen LogP contribution in [0.5, 0.6) is 0 Å². The van der Waals surface area contributed by atoms with Crippen molar-refractivity contribution >= 4 is 99.8 Å². The Morgan fingerprint density at radius 3 is 1.04 bits per heavy atom. The van der Waals surface area contributed by atoms with Gasteiger partial charge in [0, 0.05) is 81.7 Å². The summed E-state index contributed by atoms with van der Waals surface area (Å²) in [4.78, 5) is 10.2. The molecule has 0 fully saturated rings. The Morgan fingerprint density at radius 1 is 0.206 bits per heavy atom. The fraction of sp³-hybridized carbons (Fsp3) is 0.0840. The third-order valence-electron chi connectivity index (χ3n) is 31.8. The second-order valence-corrected chi connectivity index (χ2v) is 40.6. The lowest BCUT2D eigenvalue weighted by atomic mass is 9.64. The standard InChI is InChI=1S/C131H92N4S/c1-127(2)102-47-17-13-40-93(102)96-73-69-88(78-113(96)127)132(120-61-32-55-110-124(120)99-42-15-19-49-104(99)130(110)106-51-21-25-57-116(106)134(85-37-11-8-12-38-85)117-58-26-22-52-107(117)130)87-39-29-36-84(76-87)92-45-30-46-101-123-91(44-31-63-122(123)136-126(92)101)82-64-67-86(68-65-82)135-118-59-27-23-53-108(118)131(109-54-24-28-60-119(109)135)105-50-20-16-43-100(105)125-111(131)56-33-62-121(125)133(89-70-74-97-94-41-14-18-48-103(94)128(3,4)114(97)79-89)90-71-75-98-95-72-66-83(81-34-9-7-10-35-81)77-112(95)129(5,6)115(98)80-90/h7-80H,1-6H3. The van der Waals surface area contributed by atoms with Crippen LogP contribution in [0.3, 0.4) is 0 Å². The molecule has 0 amide bonds. The van der Waals surface area contributed by atoms with Crippen molar-refractivity contribution in [2.75, 3.05) is 19.6 Å². The highest BCUT2D eigenvalue weighted by Crippen LogP contribution is 2.69. The van der Waals surface area contributed by atoms with Crippen molar-refractivity contribution in [2.45, 2.75) is 68.6 Å². The molecule has 0 saturated carbocycles. The Hall–Kier alpha value is -16.2. The van der Waals surface area contributed by atoms with Crippen molar-refractivity contribution in [1.29, 1.82) is 0 Å². The molecule has 1 aromatic heterocycles. The SMILES string of the molecule is CC1(C)c2ccccc2-c2ccc(N(c3cccc(-c4cccc5c4sc4cccc(-c6ccc(N7c8ccccc8C8(c9ccccc9-c9c(N(c%10ccc%11c(c%10)C(C)(C)c%10ccccc%10-%11)c%10ccc%11c(c%10)C(C)(C)c%10cc(-c%12ccccc%12)ccc%10-%11)cccc98)c8ccccc87)cc6)c45)c3)c3cccc4c3-c3ccccc3C43c4ccccc4N(c4ccccc4)c4ccccc43)cc21. The molecule has 136 heavy (non-hydrogen) atoms. The molecule has 0 radical (unpaired) electrons. The van der Waals surface area contributed by atoms with Gasteiger partial charge in [-0.3, -0.25) is 0 Å². The lowest BCUT2D eigenvalue weighted by Gasteiger charge is -2.45. The molecule has 0 N–H and O–H groups in total. The number of benzene rings is 20. The lowest BCUT2D eigenvalue weighted by Crippen LogP contribution is -2.36. The average molecular weight is 1750 g/mol. The summed E-state index contributed by atoms with van der Waals surface area (Å²) in [5, 5.41) is 2.51. The summed E-state index contributed by atoms with van der Waals surface area (Å²) >= 11 is 1.90. The highest BCUT2D eigenvalue weighted by Gasteiger charge is 2.56. The molecule has 21 aromatic rings. The minimum absolute atomic E-state index is 0.223. The molecule has 0 saturated heterocycles. The zero-order valence-electron chi connectivity index (χ0n) is 76.4. The Kier molecular flexibility index (Phi) is 16.7. The lowest BCUT2D eigenvalue weighted by molar-refractivity contribution is 0.660. The topological polar surface area (TPSA) is 13.0 Å². The average Bonchev–Trinajstić information content (AvgIpc) is 1.49. The van der Waals surface area contributed by atoms with Crippen LogP contribution in [0.1, 0.15) is 119 Å². The fourth-order valence-electron chi connectivity index (χ4n) is 25.9. The van der Waals surface area contributed by atoms with Crippen molar-refractivity contribution in [3.63, 3.8) is 0 Å². The maximum atomic E-state index is 2.61. The molecule has 7 aliphatic rings. The van der Waals surface area contributed by atoms with Crippen molar-refractivity contribution in [3.8, 4) is 89.0 Å². The summed E-state index contributed by atoms with van der Waals surface area (Å²) in [6.07, 6.45) is 0. The van der Waals surface area contributed by atoms with Crippen LogP contribution in [0.4, 0.5) is 68.2 Å². The molecule has 2 spiro atoms. The molecule has 4 nitrogen and oxygen atoms in total. The third-order valence-corrected chi connectivity index (χ3v) is 33.0. The van der Waals surface area contributed by atoms with E-state index in [0.29, 0.717) is 0 Å². The Morgan fingerprint density at radius 2 is 0.544 bits per heavy atom. The minimum Gasteiger partial charge on any atom is -0.310 e. The summed E-state index contributed by atoms with van der Waals surface area (Å²) in [6.45, 7) is 14.5. The van der Waals surface area contributed by atoms with E-state index >= 15 is 0 Å². The Bertz CT molecular complexity index is 8590. The Labute approximate surface area is 797 Å². The first-order valence-corrected chi connectivity index (χ1v) is 48.7. The van der Waals surface area contributed by atoms with Crippen LogP contribution in [0.25, 0.3) is 109 Å². The van der Waals surface area contributed by atoms with Gasteiger partial charge < -0.3 is 19.6 Å². The minimum atomic E-state index is -0.707. The van der Waals surface area contributed by atoms with Crippen molar-refractivity contribution in [1.82, 2.24) is 0 Å². The van der Waals surface area contributed by atoms with Gasteiger partial charge in [0.15, 0.2) is 0 Å². The first kappa shape index (κ1) is 78.5. The number of rotatable bonds is 11. The first-order chi connectivity index (χ1) is 66.8. The van der Waals surface area contributed by atoms with Gasteiger partial charge in [-0.25, -0.2) is 0 Å². The first-order valence-electron chi connectivity index (χ1n) is 47.9. The van der Waals surface area contributed by atoms with E-state index in [1.807, 2.05) is 11.3 Å². The molecule has 0 atom stereocenters. The molecule has 642 valence electrons. The normalized spacial score (nSPS) is 15.0. The highest BCUT2D eigenvalue weighted by atomic mass is 32.1. The monoisotopic (exact) mass is 1750 g/mol. The van der Waals surface area contributed by atoms with Crippen molar-refractivity contribution in [2.24, 2.45) is 0 Å². The van der Waals surface area contributed by atoms with E-state index in [-0.39, 0.29) is 16.2 Å². The summed E-state index contributed by atoms with van der Waals surface area (Å²) in [5.74, 6) is 0. The smallest absolute Gasteiger partial charge is 0.0755 e. The molecular formula is C131H92N4S. The third kappa shape index (κ3) is 10.7. The van der Waals surface area contributed by atoms with Crippen LogP contribution in [-0.4, -0.2) is 0 Å². The van der Waals surface area contributed by atoms with Crippen molar-refractivity contribution in [3.05, 3.63) is 527 Å². The van der Waals surface area contributed by atoms with Gasteiger partial charge in [0.2, 0.25) is 0 Å². The molecular weight excluding hydrogens is 1660 g/mol. The second-order valence-electron chi connectivity index (χ2n) is 39.6. The molecule has 28 rings (SSSR count). The summed E-state index contributed by atoms with van der Waals surface area (Å²) in [7, 11) is 0. The summed E-state index contributed by atoms with van der Waals surface area (Å²) in [6, 6.07) is 171. The Balaban J connectivity index is 0.559. The molecule has 2 aliphatic heterocycles. The molecule has 20 aromatic carbocycles. The summed E-state index contributed by atoms with van der Waals surface area (Å²) in [5.41, 5.74) is 49.7. The molecule has 5 heteroatoms. The van der Waals surface area contributed by atoms with Gasteiger partial charge in [0.25, 0.3) is 0 Å². The van der Waals surface area contributed by atoms with E-state index in [9.17, 15) is 0 Å². The van der Waals surface area contributed by atoms with Gasteiger partial charge in [-0.2, -0.15) is 0 Å². The zero-order valence-corrected chi connectivity index (χ0v) is 77.2. The molecule has 3 heterocycles. The van der Waals surface area contributed by atoms with Gasteiger partial charge in [-0.05, 0) is 277 Å². The van der Waals surface area contributed by atoms with Gasteiger partial charge >= 0.3 is 0 Å². The van der Waals surface area contributed by atoms with E-state index in [4.69, 9.17) is 0 Å². The molecule has 0 unspecified atom stereocenters. The predicted molar refractivity (Wildman–Crippen MR) is 569 cm³/mol. The highest BCUT2D eigenvalue weighted by molar-refractivity contribution is 7.26. The van der Waals surface area contributed by atoms with Gasteiger partial charge in [0.05, 0.1) is 45.0 Å². The van der Waals surface area contributed by atoms with Crippen molar-refractivity contribution < 1.29 is 0 Å². The number of para-hydroxylation sites is 5. The largest absolute Gasteiger partial charge is 0.310 e. The second kappa shape index (κ2) is 28.9. The van der Waals surface area contributed by atoms with Gasteiger partial charge in [-0.1, -0.05) is 369 Å². The number of thiophene rings is 1. The fourth-order valence-corrected chi connectivity index (χ4v) is 27.2. The van der Waals surface area contributed by atoms with E-state index in [2.05, 4.69) is 510 Å². The number of hydrogen-bond donors (Lipinski definition) is 0. The van der Waals surface area contributed by atoms with Gasteiger partial charge in [-0.15, -0.1) is 11.3 Å². The maximum absolute atomic E-state index is 2.61. The summed E-state index contributed by atoms with van der Waals surface area (Å²) < 4.78 is 2.52.